The highest BCUT2D eigenvalue weighted by Crippen LogP contribution is 2.35. The Kier molecular flexibility index (Phi) is 6.95. The lowest BCUT2D eigenvalue weighted by Gasteiger charge is -2.34. The van der Waals surface area contributed by atoms with Crippen molar-refractivity contribution in [3.05, 3.63) is 59.2 Å². The molecule has 8 nitrogen and oxygen atoms in total. The summed E-state index contributed by atoms with van der Waals surface area (Å²) in [6, 6.07) is 12.9. The van der Waals surface area contributed by atoms with Gasteiger partial charge in [-0.1, -0.05) is 25.1 Å². The average molecular weight is 485 g/mol. The van der Waals surface area contributed by atoms with Crippen LogP contribution in [0.1, 0.15) is 35.3 Å². The van der Waals surface area contributed by atoms with Gasteiger partial charge in [0.15, 0.2) is 0 Å². The van der Waals surface area contributed by atoms with E-state index in [1.54, 1.807) is 17.0 Å². The fraction of sp³-hybridized carbons (Fsp3) is 0.440. The molecule has 182 valence electrons. The van der Waals surface area contributed by atoms with Crippen molar-refractivity contribution in [1.29, 1.82) is 0 Å². The first-order valence-corrected chi connectivity index (χ1v) is 13.5. The van der Waals surface area contributed by atoms with Crippen molar-refractivity contribution in [2.45, 2.75) is 32.7 Å². The van der Waals surface area contributed by atoms with Crippen molar-refractivity contribution in [3.8, 4) is 0 Å². The number of carbonyl (C=O) groups is 2. The maximum absolute atomic E-state index is 13.1. The van der Waals surface area contributed by atoms with Gasteiger partial charge in [-0.05, 0) is 55.2 Å². The van der Waals surface area contributed by atoms with E-state index < -0.39 is 10.0 Å². The van der Waals surface area contributed by atoms with Crippen molar-refractivity contribution in [2.24, 2.45) is 0 Å². The molecule has 1 unspecified atom stereocenters. The molecule has 0 bridgehead atoms. The van der Waals surface area contributed by atoms with E-state index in [4.69, 9.17) is 0 Å². The molecule has 2 aromatic carbocycles. The standard InChI is InChI=1S/C25H32N4O4S/c1-4-19-7-5-6-8-22(19)26-24(30)17-27-11-13-28(14-12-27)25(31)20-9-10-23-21(16-20)15-18(2)29(23)34(3,32)33/h5-10,16,18H,4,11-15,17H2,1-3H3,(H,26,30). The minimum atomic E-state index is -3.36. The number of carbonyl (C=O) groups excluding carboxylic acids is 2. The number of rotatable bonds is 6. The maximum atomic E-state index is 13.1. The van der Waals surface area contributed by atoms with E-state index in [1.165, 1.54) is 10.6 Å². The number of nitrogens with zero attached hydrogens (tertiary/aromatic N) is 3. The Hall–Kier alpha value is -2.91. The summed E-state index contributed by atoms with van der Waals surface area (Å²) in [6.07, 6.45) is 2.65. The highest BCUT2D eigenvalue weighted by molar-refractivity contribution is 7.92. The summed E-state index contributed by atoms with van der Waals surface area (Å²) >= 11 is 0. The van der Waals surface area contributed by atoms with Crippen LogP contribution in [0.5, 0.6) is 0 Å². The molecule has 1 atom stereocenters. The number of anilines is 2. The molecule has 34 heavy (non-hydrogen) atoms. The Morgan fingerprint density at radius 3 is 2.44 bits per heavy atom. The lowest BCUT2D eigenvalue weighted by atomic mass is 10.1. The zero-order chi connectivity index (χ0) is 24.5. The van der Waals surface area contributed by atoms with Gasteiger partial charge in [0.25, 0.3) is 5.91 Å². The summed E-state index contributed by atoms with van der Waals surface area (Å²) in [4.78, 5) is 29.5. The molecule has 2 aliphatic heterocycles. The van der Waals surface area contributed by atoms with Crippen LogP contribution < -0.4 is 9.62 Å². The molecular weight excluding hydrogens is 452 g/mol. The number of hydrogen-bond acceptors (Lipinski definition) is 5. The number of benzene rings is 2. The van der Waals surface area contributed by atoms with Gasteiger partial charge in [-0.3, -0.25) is 18.8 Å². The molecule has 1 saturated heterocycles. The Balaban J connectivity index is 1.34. The van der Waals surface area contributed by atoms with Gasteiger partial charge in [0.05, 0.1) is 18.5 Å². The van der Waals surface area contributed by atoms with Crippen molar-refractivity contribution in [3.63, 3.8) is 0 Å². The number of hydrogen-bond donors (Lipinski definition) is 1. The Morgan fingerprint density at radius 2 is 1.76 bits per heavy atom. The van der Waals surface area contributed by atoms with Crippen LogP contribution in [0.25, 0.3) is 0 Å². The van der Waals surface area contributed by atoms with E-state index in [9.17, 15) is 18.0 Å². The second kappa shape index (κ2) is 9.76. The number of sulfonamides is 1. The van der Waals surface area contributed by atoms with Gasteiger partial charge in [0, 0.05) is 43.5 Å². The smallest absolute Gasteiger partial charge is 0.253 e. The van der Waals surface area contributed by atoms with Crippen LogP contribution in [0.2, 0.25) is 0 Å². The van der Waals surface area contributed by atoms with Crippen LogP contribution in [0, 0.1) is 0 Å². The zero-order valence-electron chi connectivity index (χ0n) is 20.0. The molecule has 1 fully saturated rings. The van der Waals surface area contributed by atoms with Gasteiger partial charge in [0.1, 0.15) is 0 Å². The summed E-state index contributed by atoms with van der Waals surface area (Å²) in [7, 11) is -3.36. The van der Waals surface area contributed by atoms with E-state index in [-0.39, 0.29) is 24.4 Å². The molecule has 9 heteroatoms. The Labute approximate surface area is 201 Å². The molecule has 2 heterocycles. The molecule has 0 aliphatic carbocycles. The molecule has 2 aliphatic rings. The zero-order valence-corrected chi connectivity index (χ0v) is 20.8. The average Bonchev–Trinajstić information content (AvgIpc) is 3.14. The van der Waals surface area contributed by atoms with Crippen LogP contribution in [0.15, 0.2) is 42.5 Å². The topological polar surface area (TPSA) is 90.0 Å². The minimum Gasteiger partial charge on any atom is -0.336 e. The fourth-order valence-corrected chi connectivity index (χ4v) is 6.14. The van der Waals surface area contributed by atoms with E-state index in [0.717, 1.165) is 23.2 Å². The predicted molar refractivity (Wildman–Crippen MR) is 134 cm³/mol. The summed E-state index contributed by atoms with van der Waals surface area (Å²) in [5.41, 5.74) is 4.07. The van der Waals surface area contributed by atoms with Crippen molar-refractivity contribution >= 4 is 33.2 Å². The number of piperazine rings is 1. The van der Waals surface area contributed by atoms with Crippen LogP contribution in [-0.2, 0) is 27.7 Å². The maximum Gasteiger partial charge on any atom is 0.253 e. The first kappa shape index (κ1) is 24.2. The van der Waals surface area contributed by atoms with E-state index in [2.05, 4.69) is 17.1 Å². The van der Waals surface area contributed by atoms with Gasteiger partial charge >= 0.3 is 0 Å². The summed E-state index contributed by atoms with van der Waals surface area (Å²) < 4.78 is 25.7. The molecule has 1 N–H and O–H groups in total. The van der Waals surface area contributed by atoms with E-state index in [1.807, 2.05) is 37.3 Å². The largest absolute Gasteiger partial charge is 0.336 e. The van der Waals surface area contributed by atoms with Crippen molar-refractivity contribution < 1.29 is 18.0 Å². The van der Waals surface area contributed by atoms with Crippen molar-refractivity contribution in [2.75, 3.05) is 48.6 Å². The first-order chi connectivity index (χ1) is 16.2. The Bertz CT molecular complexity index is 1190. The highest BCUT2D eigenvalue weighted by Gasteiger charge is 2.33. The van der Waals surface area contributed by atoms with Gasteiger partial charge in [0.2, 0.25) is 15.9 Å². The molecular formula is C25H32N4O4S. The van der Waals surface area contributed by atoms with Crippen LogP contribution in [-0.4, -0.2) is 75.1 Å². The normalized spacial score (nSPS) is 18.6. The van der Waals surface area contributed by atoms with Gasteiger partial charge in [-0.15, -0.1) is 0 Å². The van der Waals surface area contributed by atoms with Gasteiger partial charge in [-0.25, -0.2) is 8.42 Å². The number of para-hydroxylation sites is 1. The Morgan fingerprint density at radius 1 is 1.06 bits per heavy atom. The molecule has 4 rings (SSSR count). The minimum absolute atomic E-state index is 0.0520. The molecule has 2 aromatic rings. The predicted octanol–water partition coefficient (Wildman–Crippen LogP) is 2.36. The van der Waals surface area contributed by atoms with Gasteiger partial charge in [-0.2, -0.15) is 0 Å². The lowest BCUT2D eigenvalue weighted by Crippen LogP contribution is -2.50. The number of fused-ring (bicyclic) bond motifs is 1. The number of nitrogens with one attached hydrogen (secondary N) is 1. The third-order valence-corrected chi connectivity index (χ3v) is 7.81. The van der Waals surface area contributed by atoms with Gasteiger partial charge < -0.3 is 10.2 Å². The molecule has 2 amide bonds. The summed E-state index contributed by atoms with van der Waals surface area (Å²) in [5, 5.41) is 3.00. The second-order valence-electron chi connectivity index (χ2n) is 9.08. The lowest BCUT2D eigenvalue weighted by molar-refractivity contribution is -0.117. The van der Waals surface area contributed by atoms with Crippen LogP contribution in [0.4, 0.5) is 11.4 Å². The third kappa shape index (κ3) is 5.10. The molecule has 0 aromatic heterocycles. The van der Waals surface area contributed by atoms with Crippen molar-refractivity contribution in [1.82, 2.24) is 9.80 Å². The monoisotopic (exact) mass is 484 g/mol. The SMILES string of the molecule is CCc1ccccc1NC(=O)CN1CCN(C(=O)c2ccc3c(c2)CC(C)N3S(C)(=O)=O)CC1. The second-order valence-corrected chi connectivity index (χ2v) is 10.9. The molecule has 0 saturated carbocycles. The number of aryl methyl sites for hydroxylation is 1. The van der Waals surface area contributed by atoms with E-state index in [0.29, 0.717) is 43.9 Å². The highest BCUT2D eigenvalue weighted by atomic mass is 32.2. The first-order valence-electron chi connectivity index (χ1n) is 11.7. The van der Waals surface area contributed by atoms with E-state index >= 15 is 0 Å². The molecule has 0 radical (unpaired) electrons. The van der Waals surface area contributed by atoms with Crippen LogP contribution >= 0.6 is 0 Å². The number of amides is 2. The summed E-state index contributed by atoms with van der Waals surface area (Å²) in [5.74, 6) is -0.113. The quantitative estimate of drug-likeness (QED) is 0.680. The summed E-state index contributed by atoms with van der Waals surface area (Å²) in [6.45, 7) is 6.56. The van der Waals surface area contributed by atoms with Crippen LogP contribution in [0.3, 0.4) is 0 Å². The third-order valence-electron chi connectivity index (χ3n) is 6.54. The fourth-order valence-electron chi connectivity index (χ4n) is 4.88. The molecule has 0 spiro atoms.